The molecule has 1 aliphatic rings. The molecule has 0 saturated heterocycles. The van der Waals surface area contributed by atoms with Gasteiger partial charge in [-0.05, 0) is 6.08 Å². The van der Waals surface area contributed by atoms with Gasteiger partial charge in [-0.2, -0.15) is 0 Å². The van der Waals surface area contributed by atoms with Gasteiger partial charge in [0.1, 0.15) is 0 Å². The van der Waals surface area contributed by atoms with Gasteiger partial charge in [0.15, 0.2) is 0 Å². The van der Waals surface area contributed by atoms with E-state index in [1.165, 1.54) is 0 Å². The topological polar surface area (TPSA) is 20.2 Å². The van der Waals surface area contributed by atoms with E-state index in [9.17, 15) is 0 Å². The SMILES string of the molecule is OC1C=CC=C(Cl)C1. The molecule has 1 unspecified atom stereocenters. The van der Waals surface area contributed by atoms with Crippen molar-refractivity contribution in [3.63, 3.8) is 0 Å². The van der Waals surface area contributed by atoms with Crippen LogP contribution in [0.5, 0.6) is 0 Å². The van der Waals surface area contributed by atoms with Crippen LogP contribution in [0.1, 0.15) is 6.42 Å². The molecule has 0 aromatic rings. The minimum Gasteiger partial charge on any atom is -0.389 e. The first-order chi connectivity index (χ1) is 3.79. The van der Waals surface area contributed by atoms with Crippen LogP contribution in [0.25, 0.3) is 0 Å². The number of aliphatic hydroxyl groups excluding tert-OH is 1. The Hall–Kier alpha value is -0.270. The third kappa shape index (κ3) is 1.35. The van der Waals surface area contributed by atoms with Crippen LogP contribution in [0.15, 0.2) is 23.3 Å². The average molecular weight is 131 g/mol. The van der Waals surface area contributed by atoms with Crippen molar-refractivity contribution in [1.82, 2.24) is 0 Å². The number of hydrogen-bond donors (Lipinski definition) is 1. The second-order valence-corrected chi connectivity index (χ2v) is 2.26. The predicted octanol–water partition coefficient (Wildman–Crippen LogP) is 1.43. The van der Waals surface area contributed by atoms with Crippen LogP contribution in [0.2, 0.25) is 0 Å². The van der Waals surface area contributed by atoms with Gasteiger partial charge in [-0.3, -0.25) is 0 Å². The number of halogens is 1. The predicted molar refractivity (Wildman–Crippen MR) is 33.7 cm³/mol. The molecule has 1 aliphatic carbocycles. The minimum atomic E-state index is -0.368. The van der Waals surface area contributed by atoms with Crippen molar-refractivity contribution in [2.75, 3.05) is 0 Å². The molecule has 0 spiro atoms. The molecular weight excluding hydrogens is 124 g/mol. The van der Waals surface area contributed by atoms with E-state index in [1.54, 1.807) is 18.2 Å². The molecule has 0 fully saturated rings. The Bertz CT molecular complexity index is 137. The van der Waals surface area contributed by atoms with Crippen molar-refractivity contribution in [3.05, 3.63) is 23.3 Å². The lowest BCUT2D eigenvalue weighted by molar-refractivity contribution is 0.224. The van der Waals surface area contributed by atoms with Gasteiger partial charge in [-0.15, -0.1) is 0 Å². The van der Waals surface area contributed by atoms with E-state index in [1.807, 2.05) is 0 Å². The molecule has 0 aromatic carbocycles. The van der Waals surface area contributed by atoms with Gasteiger partial charge in [0, 0.05) is 11.5 Å². The van der Waals surface area contributed by atoms with Gasteiger partial charge in [0.25, 0.3) is 0 Å². The fourth-order valence-corrected chi connectivity index (χ4v) is 0.855. The number of rotatable bonds is 0. The fourth-order valence-electron chi connectivity index (χ4n) is 0.624. The fraction of sp³-hybridized carbons (Fsp3) is 0.333. The van der Waals surface area contributed by atoms with Gasteiger partial charge in [0.2, 0.25) is 0 Å². The molecule has 0 aliphatic heterocycles. The normalized spacial score (nSPS) is 27.8. The van der Waals surface area contributed by atoms with E-state index in [0.29, 0.717) is 6.42 Å². The van der Waals surface area contributed by atoms with Crippen LogP contribution < -0.4 is 0 Å². The van der Waals surface area contributed by atoms with Crippen molar-refractivity contribution in [2.45, 2.75) is 12.5 Å². The van der Waals surface area contributed by atoms with E-state index in [-0.39, 0.29) is 6.10 Å². The summed E-state index contributed by atoms with van der Waals surface area (Å²) in [5.41, 5.74) is 0. The lowest BCUT2D eigenvalue weighted by atomic mass is 10.1. The van der Waals surface area contributed by atoms with E-state index < -0.39 is 0 Å². The summed E-state index contributed by atoms with van der Waals surface area (Å²) in [6.45, 7) is 0. The highest BCUT2D eigenvalue weighted by Crippen LogP contribution is 2.14. The molecule has 0 radical (unpaired) electrons. The minimum absolute atomic E-state index is 0.368. The van der Waals surface area contributed by atoms with Crippen LogP contribution in [0.4, 0.5) is 0 Å². The average Bonchev–Trinajstić information content (AvgIpc) is 1.64. The van der Waals surface area contributed by atoms with Gasteiger partial charge < -0.3 is 5.11 Å². The summed E-state index contributed by atoms with van der Waals surface area (Å²) in [5, 5.41) is 9.59. The highest BCUT2D eigenvalue weighted by Gasteiger charge is 2.03. The maximum atomic E-state index is 8.87. The molecule has 0 saturated carbocycles. The Labute approximate surface area is 53.3 Å². The Morgan fingerprint density at radius 2 is 2.50 bits per heavy atom. The second-order valence-electron chi connectivity index (χ2n) is 1.77. The molecule has 8 heavy (non-hydrogen) atoms. The van der Waals surface area contributed by atoms with Crippen molar-refractivity contribution in [1.29, 1.82) is 0 Å². The molecule has 44 valence electrons. The zero-order chi connectivity index (χ0) is 5.98. The van der Waals surface area contributed by atoms with Gasteiger partial charge >= 0.3 is 0 Å². The summed E-state index contributed by atoms with van der Waals surface area (Å²) in [6, 6.07) is 0. The quantitative estimate of drug-likeness (QED) is 0.526. The Morgan fingerprint density at radius 1 is 1.75 bits per heavy atom. The van der Waals surface area contributed by atoms with E-state index in [4.69, 9.17) is 16.7 Å². The van der Waals surface area contributed by atoms with Crippen molar-refractivity contribution >= 4 is 11.6 Å². The van der Waals surface area contributed by atoms with Crippen molar-refractivity contribution in [3.8, 4) is 0 Å². The lowest BCUT2D eigenvalue weighted by Gasteiger charge is -2.06. The number of hydrogen-bond acceptors (Lipinski definition) is 1. The maximum Gasteiger partial charge on any atom is 0.0772 e. The second kappa shape index (κ2) is 2.33. The molecule has 0 amide bonds. The van der Waals surface area contributed by atoms with Crippen molar-refractivity contribution < 1.29 is 5.11 Å². The molecule has 0 aromatic heterocycles. The standard InChI is InChI=1S/C6H7ClO/c7-5-2-1-3-6(8)4-5/h1-3,6,8H,4H2. The van der Waals surface area contributed by atoms with Crippen molar-refractivity contribution in [2.24, 2.45) is 0 Å². The molecule has 1 nitrogen and oxygen atoms in total. The van der Waals surface area contributed by atoms with E-state index >= 15 is 0 Å². The monoisotopic (exact) mass is 130 g/mol. The first-order valence-corrected chi connectivity index (χ1v) is 2.88. The van der Waals surface area contributed by atoms with Crippen LogP contribution in [0.3, 0.4) is 0 Å². The first kappa shape index (κ1) is 5.86. The Morgan fingerprint density at radius 3 is 2.88 bits per heavy atom. The van der Waals surface area contributed by atoms with Crippen LogP contribution in [0, 0.1) is 0 Å². The summed E-state index contributed by atoms with van der Waals surface area (Å²) >= 11 is 5.56. The van der Waals surface area contributed by atoms with Gasteiger partial charge in [0.05, 0.1) is 6.10 Å². The number of allylic oxidation sites excluding steroid dienone is 2. The largest absolute Gasteiger partial charge is 0.389 e. The molecule has 0 bridgehead atoms. The maximum absolute atomic E-state index is 8.87. The zero-order valence-corrected chi connectivity index (χ0v) is 5.10. The molecular formula is C6H7ClO. The van der Waals surface area contributed by atoms with Gasteiger partial charge in [-0.25, -0.2) is 0 Å². The Kier molecular flexibility index (Phi) is 1.71. The number of aliphatic hydroxyl groups is 1. The molecule has 0 heterocycles. The van der Waals surface area contributed by atoms with Crippen LogP contribution >= 0.6 is 11.6 Å². The molecule has 1 rings (SSSR count). The Balaban J connectivity index is 2.59. The highest BCUT2D eigenvalue weighted by molar-refractivity contribution is 6.29. The summed E-state index contributed by atoms with van der Waals surface area (Å²) < 4.78 is 0. The lowest BCUT2D eigenvalue weighted by Crippen LogP contribution is -2.03. The summed E-state index contributed by atoms with van der Waals surface area (Å²) in [5.74, 6) is 0. The smallest absolute Gasteiger partial charge is 0.0772 e. The third-order valence-corrected chi connectivity index (χ3v) is 1.29. The summed E-state index contributed by atoms with van der Waals surface area (Å²) in [6.07, 6.45) is 5.46. The van der Waals surface area contributed by atoms with Crippen LogP contribution in [-0.2, 0) is 0 Å². The third-order valence-electron chi connectivity index (χ3n) is 1.01. The zero-order valence-electron chi connectivity index (χ0n) is 4.34. The van der Waals surface area contributed by atoms with Gasteiger partial charge in [-0.1, -0.05) is 23.8 Å². The summed E-state index contributed by atoms with van der Waals surface area (Å²) in [4.78, 5) is 0. The summed E-state index contributed by atoms with van der Waals surface area (Å²) in [7, 11) is 0. The first-order valence-electron chi connectivity index (χ1n) is 2.50. The molecule has 1 atom stereocenters. The van der Waals surface area contributed by atoms with Crippen LogP contribution in [-0.4, -0.2) is 11.2 Å². The van der Waals surface area contributed by atoms with E-state index in [0.717, 1.165) is 5.03 Å². The molecule has 2 heteroatoms. The highest BCUT2D eigenvalue weighted by atomic mass is 35.5. The molecule has 1 N–H and O–H groups in total. The van der Waals surface area contributed by atoms with E-state index in [2.05, 4.69) is 0 Å².